The van der Waals surface area contributed by atoms with Crippen LogP contribution in [0, 0.1) is 11.6 Å². The Kier molecular flexibility index (Phi) is 7.28. The third-order valence-electron chi connectivity index (χ3n) is 4.77. The van der Waals surface area contributed by atoms with E-state index in [0.717, 1.165) is 28.8 Å². The number of anilines is 1. The molecular weight excluding hydrogens is 422 g/mol. The molecular formula is C27H22F2N2O2. The van der Waals surface area contributed by atoms with Gasteiger partial charge < -0.3 is 9.47 Å². The van der Waals surface area contributed by atoms with Crippen molar-refractivity contribution < 1.29 is 18.3 Å². The number of nitrogens with one attached hydrogen (secondary N) is 1. The van der Waals surface area contributed by atoms with E-state index >= 15 is 0 Å². The smallest absolute Gasteiger partial charge is 0.162 e. The number of hydrogen-bond acceptors (Lipinski definition) is 4. The summed E-state index contributed by atoms with van der Waals surface area (Å²) in [4.78, 5) is 0. The first-order valence-corrected chi connectivity index (χ1v) is 10.4. The Morgan fingerprint density at radius 1 is 0.697 bits per heavy atom. The summed E-state index contributed by atoms with van der Waals surface area (Å²) >= 11 is 0. The second kappa shape index (κ2) is 10.9. The van der Waals surface area contributed by atoms with Gasteiger partial charge in [-0.25, -0.2) is 8.78 Å². The molecule has 166 valence electrons. The normalized spacial score (nSPS) is 10.8. The standard InChI is InChI=1S/C27H22F2N2O2/c28-23-12-13-25(24(29)16-23)31-30-17-22-11-14-26(32-18-20-7-3-1-4-8-20)27(15-22)33-19-21-9-5-2-6-10-21/h1-17,31H,18-19H2/b30-17+. The van der Waals surface area contributed by atoms with Crippen LogP contribution in [0.3, 0.4) is 0 Å². The molecule has 0 aliphatic carbocycles. The zero-order chi connectivity index (χ0) is 22.9. The lowest BCUT2D eigenvalue weighted by molar-refractivity contribution is 0.256. The van der Waals surface area contributed by atoms with Gasteiger partial charge in [0.1, 0.15) is 19.0 Å². The molecule has 0 heterocycles. The van der Waals surface area contributed by atoms with E-state index in [-0.39, 0.29) is 5.69 Å². The predicted molar refractivity (Wildman–Crippen MR) is 126 cm³/mol. The molecule has 0 amide bonds. The van der Waals surface area contributed by atoms with Crippen molar-refractivity contribution in [3.05, 3.63) is 125 Å². The molecule has 0 atom stereocenters. The molecule has 0 spiro atoms. The number of ether oxygens (including phenoxy) is 2. The highest BCUT2D eigenvalue weighted by atomic mass is 19.1. The van der Waals surface area contributed by atoms with Crippen LogP contribution in [0.4, 0.5) is 14.5 Å². The minimum atomic E-state index is -0.719. The molecule has 4 aromatic carbocycles. The first-order chi connectivity index (χ1) is 16.2. The fraction of sp³-hybridized carbons (Fsp3) is 0.0741. The molecule has 33 heavy (non-hydrogen) atoms. The summed E-state index contributed by atoms with van der Waals surface area (Å²) in [5, 5.41) is 4.05. The molecule has 0 fully saturated rings. The molecule has 4 rings (SSSR count). The molecule has 0 saturated carbocycles. The number of nitrogens with zero attached hydrogens (tertiary/aromatic N) is 1. The lowest BCUT2D eigenvalue weighted by Gasteiger charge is -2.14. The molecule has 6 heteroatoms. The van der Waals surface area contributed by atoms with E-state index < -0.39 is 11.6 Å². The van der Waals surface area contributed by atoms with Gasteiger partial charge in [0, 0.05) is 6.07 Å². The highest BCUT2D eigenvalue weighted by Gasteiger charge is 2.08. The van der Waals surface area contributed by atoms with Gasteiger partial charge in [-0.1, -0.05) is 60.7 Å². The van der Waals surface area contributed by atoms with Gasteiger partial charge in [-0.15, -0.1) is 0 Å². The van der Waals surface area contributed by atoms with Crippen LogP contribution < -0.4 is 14.9 Å². The van der Waals surface area contributed by atoms with E-state index in [1.165, 1.54) is 12.3 Å². The monoisotopic (exact) mass is 444 g/mol. The summed E-state index contributed by atoms with van der Waals surface area (Å²) in [6.45, 7) is 0.781. The number of hydrazone groups is 1. The Balaban J connectivity index is 1.49. The molecule has 0 aromatic heterocycles. The first kappa shape index (κ1) is 22.0. The number of rotatable bonds is 9. The third kappa shape index (κ3) is 6.40. The average molecular weight is 444 g/mol. The maximum absolute atomic E-state index is 13.8. The van der Waals surface area contributed by atoms with Crippen molar-refractivity contribution in [2.24, 2.45) is 5.10 Å². The minimum Gasteiger partial charge on any atom is -0.485 e. The quantitative estimate of drug-likeness (QED) is 0.235. The zero-order valence-electron chi connectivity index (χ0n) is 17.7. The third-order valence-corrected chi connectivity index (χ3v) is 4.77. The molecule has 0 bridgehead atoms. The number of hydrogen-bond donors (Lipinski definition) is 1. The van der Waals surface area contributed by atoms with Crippen LogP contribution >= 0.6 is 0 Å². The van der Waals surface area contributed by atoms with Crippen molar-refractivity contribution in [3.8, 4) is 11.5 Å². The van der Waals surface area contributed by atoms with Crippen LogP contribution in [-0.2, 0) is 13.2 Å². The van der Waals surface area contributed by atoms with E-state index in [2.05, 4.69) is 10.5 Å². The van der Waals surface area contributed by atoms with Crippen molar-refractivity contribution in [3.63, 3.8) is 0 Å². The minimum absolute atomic E-state index is 0.0796. The van der Waals surface area contributed by atoms with Gasteiger partial charge in [0.15, 0.2) is 17.3 Å². The first-order valence-electron chi connectivity index (χ1n) is 10.4. The fourth-order valence-electron chi connectivity index (χ4n) is 3.06. The topological polar surface area (TPSA) is 42.9 Å². The second-order valence-electron chi connectivity index (χ2n) is 7.25. The average Bonchev–Trinajstić information content (AvgIpc) is 2.85. The van der Waals surface area contributed by atoms with Crippen LogP contribution in [0.5, 0.6) is 11.5 Å². The highest BCUT2D eigenvalue weighted by Crippen LogP contribution is 2.30. The van der Waals surface area contributed by atoms with Gasteiger partial charge in [-0.05, 0) is 47.0 Å². The fourth-order valence-corrected chi connectivity index (χ4v) is 3.06. The summed E-state index contributed by atoms with van der Waals surface area (Å²) in [6, 6.07) is 28.4. The number of halogens is 2. The van der Waals surface area contributed by atoms with Crippen LogP contribution in [0.1, 0.15) is 16.7 Å². The van der Waals surface area contributed by atoms with Crippen LogP contribution in [0.25, 0.3) is 0 Å². The molecule has 1 N–H and O–H groups in total. The molecule has 0 aliphatic rings. The van der Waals surface area contributed by atoms with Crippen LogP contribution in [0.15, 0.2) is 102 Å². The van der Waals surface area contributed by atoms with Gasteiger partial charge in [0.25, 0.3) is 0 Å². The lowest BCUT2D eigenvalue weighted by atomic mass is 10.2. The second-order valence-corrected chi connectivity index (χ2v) is 7.25. The van der Waals surface area contributed by atoms with Gasteiger partial charge >= 0.3 is 0 Å². The van der Waals surface area contributed by atoms with Crippen LogP contribution in [-0.4, -0.2) is 6.21 Å². The Hall–Kier alpha value is -4.19. The Bertz CT molecular complexity index is 1220. The Morgan fingerprint density at radius 2 is 1.33 bits per heavy atom. The van der Waals surface area contributed by atoms with Gasteiger partial charge in [0.05, 0.1) is 11.9 Å². The molecule has 4 aromatic rings. The van der Waals surface area contributed by atoms with Crippen molar-refractivity contribution in [1.29, 1.82) is 0 Å². The summed E-state index contributed by atoms with van der Waals surface area (Å²) < 4.78 is 38.9. The SMILES string of the molecule is Fc1ccc(N/N=C/c2ccc(OCc3ccccc3)c(OCc3ccccc3)c2)c(F)c1. The van der Waals surface area contributed by atoms with Crippen molar-refractivity contribution in [2.75, 3.05) is 5.43 Å². The summed E-state index contributed by atoms with van der Waals surface area (Å²) in [6.07, 6.45) is 1.53. The van der Waals surface area contributed by atoms with E-state index in [4.69, 9.17) is 9.47 Å². The maximum Gasteiger partial charge on any atom is 0.162 e. The maximum atomic E-state index is 13.8. The van der Waals surface area contributed by atoms with E-state index in [0.29, 0.717) is 24.7 Å². The van der Waals surface area contributed by atoms with E-state index in [9.17, 15) is 8.78 Å². The van der Waals surface area contributed by atoms with Crippen molar-refractivity contribution in [2.45, 2.75) is 13.2 Å². The molecule has 0 radical (unpaired) electrons. The predicted octanol–water partition coefficient (Wildman–Crippen LogP) is 6.57. The van der Waals surface area contributed by atoms with E-state index in [1.54, 1.807) is 6.07 Å². The van der Waals surface area contributed by atoms with Gasteiger partial charge in [-0.2, -0.15) is 5.10 Å². The lowest BCUT2D eigenvalue weighted by Crippen LogP contribution is -2.01. The Labute approximate surface area is 191 Å². The highest BCUT2D eigenvalue weighted by molar-refractivity contribution is 5.81. The van der Waals surface area contributed by atoms with Crippen molar-refractivity contribution >= 4 is 11.9 Å². The summed E-state index contributed by atoms with van der Waals surface area (Å²) in [7, 11) is 0. The Morgan fingerprint density at radius 3 is 1.97 bits per heavy atom. The molecule has 0 aliphatic heterocycles. The molecule has 0 saturated heterocycles. The van der Waals surface area contributed by atoms with E-state index in [1.807, 2.05) is 72.8 Å². The summed E-state index contributed by atoms with van der Waals surface area (Å²) in [5.74, 6) is -0.201. The van der Waals surface area contributed by atoms with Gasteiger partial charge in [0.2, 0.25) is 0 Å². The van der Waals surface area contributed by atoms with Crippen molar-refractivity contribution in [1.82, 2.24) is 0 Å². The largest absolute Gasteiger partial charge is 0.485 e. The zero-order valence-corrected chi connectivity index (χ0v) is 17.7. The number of benzene rings is 4. The molecule has 0 unspecified atom stereocenters. The summed E-state index contributed by atoms with van der Waals surface area (Å²) in [5.41, 5.74) is 5.46. The molecule has 4 nitrogen and oxygen atoms in total. The van der Waals surface area contributed by atoms with Crippen LogP contribution in [0.2, 0.25) is 0 Å². The van der Waals surface area contributed by atoms with Gasteiger partial charge in [-0.3, -0.25) is 5.43 Å².